The van der Waals surface area contributed by atoms with E-state index in [2.05, 4.69) is 237 Å². The van der Waals surface area contributed by atoms with Gasteiger partial charge in [0.1, 0.15) is 0 Å². The Bertz CT molecular complexity index is 3080. The van der Waals surface area contributed by atoms with E-state index in [4.69, 9.17) is 0 Å². The minimum Gasteiger partial charge on any atom is -0.310 e. The first-order valence-electron chi connectivity index (χ1n) is 21.2. The summed E-state index contributed by atoms with van der Waals surface area (Å²) in [6.07, 6.45) is 3.44. The van der Waals surface area contributed by atoms with Crippen molar-refractivity contribution in [3.05, 3.63) is 228 Å². The van der Waals surface area contributed by atoms with E-state index in [1.807, 2.05) is 0 Å². The standard InChI is InChI=1S/C58H46N2/c1-39-35-45(37-56-57(39)52-22-11-13-24-55(52)60(56)48-20-14-19-44(36-48)41-17-8-5-9-18-41)43-27-31-47(32-28-43)59(46-29-25-42(26-30-46)40-15-6-4-7-16-40)49-33-34-51-50-21-10-12-23-53(50)58(2,3)54(51)38-49/h4-34,36-39H,35H2,1-3H3. The maximum atomic E-state index is 2.48. The maximum absolute atomic E-state index is 2.48. The number of nitrogens with zero attached hydrogens (tertiary/aromatic N) is 2. The van der Waals surface area contributed by atoms with Gasteiger partial charge in [0.15, 0.2) is 0 Å². The lowest BCUT2D eigenvalue weighted by Gasteiger charge is -2.29. The Morgan fingerprint density at radius 3 is 1.78 bits per heavy atom. The molecule has 1 heterocycles. The number of hydrogen-bond donors (Lipinski definition) is 0. The molecule has 0 spiro atoms. The zero-order valence-corrected chi connectivity index (χ0v) is 34.3. The topological polar surface area (TPSA) is 8.17 Å². The molecule has 288 valence electrons. The monoisotopic (exact) mass is 770 g/mol. The summed E-state index contributed by atoms with van der Waals surface area (Å²) in [6.45, 7) is 7.11. The summed E-state index contributed by atoms with van der Waals surface area (Å²) >= 11 is 0. The van der Waals surface area contributed by atoms with Crippen LogP contribution in [-0.4, -0.2) is 4.57 Å². The second-order valence-corrected chi connectivity index (χ2v) is 17.0. The van der Waals surface area contributed by atoms with E-state index in [9.17, 15) is 0 Å². The van der Waals surface area contributed by atoms with E-state index in [1.54, 1.807) is 0 Å². The van der Waals surface area contributed by atoms with Crippen LogP contribution in [0.4, 0.5) is 17.1 Å². The highest BCUT2D eigenvalue weighted by Gasteiger charge is 2.36. The molecule has 1 aromatic heterocycles. The van der Waals surface area contributed by atoms with E-state index in [-0.39, 0.29) is 5.41 Å². The Hall–Kier alpha value is -7.16. The molecule has 0 saturated carbocycles. The van der Waals surface area contributed by atoms with Gasteiger partial charge in [0.05, 0.1) is 11.2 Å². The molecule has 0 saturated heterocycles. The van der Waals surface area contributed by atoms with E-state index in [1.165, 1.54) is 83.5 Å². The summed E-state index contributed by atoms with van der Waals surface area (Å²) in [6, 6.07) is 73.5. The fraction of sp³-hybridized carbons (Fsp3) is 0.103. The highest BCUT2D eigenvalue weighted by atomic mass is 15.1. The van der Waals surface area contributed by atoms with E-state index in [0.29, 0.717) is 5.92 Å². The van der Waals surface area contributed by atoms with Gasteiger partial charge in [-0.1, -0.05) is 166 Å². The first-order chi connectivity index (χ1) is 29.4. The summed E-state index contributed by atoms with van der Waals surface area (Å²) in [5, 5.41) is 1.34. The van der Waals surface area contributed by atoms with Gasteiger partial charge < -0.3 is 9.47 Å². The number of benzene rings is 8. The summed E-state index contributed by atoms with van der Waals surface area (Å²) in [5.74, 6) is 0.363. The summed E-state index contributed by atoms with van der Waals surface area (Å²) in [4.78, 5) is 2.42. The predicted molar refractivity (Wildman–Crippen MR) is 254 cm³/mol. The van der Waals surface area contributed by atoms with E-state index >= 15 is 0 Å². The van der Waals surface area contributed by atoms with Crippen LogP contribution in [0.5, 0.6) is 0 Å². The third-order valence-electron chi connectivity index (χ3n) is 13.0. The van der Waals surface area contributed by atoms with Crippen LogP contribution in [-0.2, 0) is 5.41 Å². The van der Waals surface area contributed by atoms with Gasteiger partial charge in [-0.15, -0.1) is 0 Å². The largest absolute Gasteiger partial charge is 0.310 e. The van der Waals surface area contributed by atoms with Gasteiger partial charge in [-0.2, -0.15) is 0 Å². The third kappa shape index (κ3) is 5.94. The fourth-order valence-electron chi connectivity index (χ4n) is 10.1. The minimum atomic E-state index is -0.0943. The summed E-state index contributed by atoms with van der Waals surface area (Å²) in [5.41, 5.74) is 21.4. The Balaban J connectivity index is 1.01. The number of rotatable bonds is 7. The van der Waals surface area contributed by atoms with Gasteiger partial charge >= 0.3 is 0 Å². The van der Waals surface area contributed by atoms with Crippen molar-refractivity contribution < 1.29 is 0 Å². The molecular formula is C58H46N2. The second kappa shape index (κ2) is 14.3. The smallest absolute Gasteiger partial charge is 0.0537 e. The molecule has 2 heteroatoms. The van der Waals surface area contributed by atoms with Crippen LogP contribution in [0, 0.1) is 0 Å². The number of hydrogen-bond acceptors (Lipinski definition) is 1. The van der Waals surface area contributed by atoms with Crippen molar-refractivity contribution in [3.8, 4) is 39.1 Å². The Labute approximate surface area is 353 Å². The molecule has 8 aromatic carbocycles. The van der Waals surface area contributed by atoms with Crippen molar-refractivity contribution in [2.24, 2.45) is 0 Å². The molecular weight excluding hydrogens is 725 g/mol. The maximum Gasteiger partial charge on any atom is 0.0537 e. The number of allylic oxidation sites excluding steroid dienone is 1. The van der Waals surface area contributed by atoms with Crippen molar-refractivity contribution >= 4 is 39.6 Å². The Morgan fingerprint density at radius 2 is 1.05 bits per heavy atom. The van der Waals surface area contributed by atoms with Gasteiger partial charge in [0.2, 0.25) is 0 Å². The molecule has 0 fully saturated rings. The Kier molecular flexibility index (Phi) is 8.56. The van der Waals surface area contributed by atoms with Crippen LogP contribution in [0.15, 0.2) is 200 Å². The van der Waals surface area contributed by atoms with Crippen molar-refractivity contribution in [3.63, 3.8) is 0 Å². The minimum absolute atomic E-state index is 0.0943. The lowest BCUT2D eigenvalue weighted by Crippen LogP contribution is -2.16. The molecule has 0 radical (unpaired) electrons. The molecule has 1 atom stereocenters. The highest BCUT2D eigenvalue weighted by molar-refractivity contribution is 5.97. The Morgan fingerprint density at radius 1 is 0.483 bits per heavy atom. The molecule has 9 aromatic rings. The van der Waals surface area contributed by atoms with Gasteiger partial charge in [-0.05, 0) is 134 Å². The lowest BCUT2D eigenvalue weighted by atomic mass is 9.82. The molecule has 2 aliphatic rings. The average Bonchev–Trinajstić information content (AvgIpc) is 3.76. The molecule has 11 rings (SSSR count). The van der Waals surface area contributed by atoms with Crippen molar-refractivity contribution in [1.29, 1.82) is 0 Å². The summed E-state index contributed by atoms with van der Waals surface area (Å²) < 4.78 is 2.48. The van der Waals surface area contributed by atoms with Gasteiger partial charge in [0, 0.05) is 33.6 Å². The van der Waals surface area contributed by atoms with E-state index < -0.39 is 0 Å². The van der Waals surface area contributed by atoms with Crippen molar-refractivity contribution in [2.75, 3.05) is 4.90 Å². The second-order valence-electron chi connectivity index (χ2n) is 17.0. The van der Waals surface area contributed by atoms with Crippen LogP contribution < -0.4 is 4.90 Å². The first kappa shape index (κ1) is 36.0. The van der Waals surface area contributed by atoms with E-state index in [0.717, 1.165) is 23.5 Å². The zero-order valence-electron chi connectivity index (χ0n) is 34.3. The molecule has 1 unspecified atom stereocenters. The molecule has 2 aliphatic carbocycles. The molecule has 60 heavy (non-hydrogen) atoms. The molecule has 0 aliphatic heterocycles. The van der Waals surface area contributed by atoms with Crippen molar-refractivity contribution in [2.45, 2.75) is 38.5 Å². The lowest BCUT2D eigenvalue weighted by molar-refractivity contribution is 0.660. The van der Waals surface area contributed by atoms with Crippen LogP contribution in [0.2, 0.25) is 0 Å². The molecule has 2 nitrogen and oxygen atoms in total. The van der Waals surface area contributed by atoms with Crippen LogP contribution in [0.1, 0.15) is 61.1 Å². The van der Waals surface area contributed by atoms with Gasteiger partial charge in [0.25, 0.3) is 0 Å². The first-order valence-corrected chi connectivity index (χ1v) is 21.2. The highest BCUT2D eigenvalue weighted by Crippen LogP contribution is 2.51. The average molecular weight is 771 g/mol. The molecule has 0 amide bonds. The number of fused-ring (bicyclic) bond motifs is 6. The van der Waals surface area contributed by atoms with Gasteiger partial charge in [-0.25, -0.2) is 0 Å². The summed E-state index contributed by atoms with van der Waals surface area (Å²) in [7, 11) is 0. The molecule has 0 bridgehead atoms. The number of para-hydroxylation sites is 1. The van der Waals surface area contributed by atoms with Crippen LogP contribution >= 0.6 is 0 Å². The van der Waals surface area contributed by atoms with Crippen LogP contribution in [0.25, 0.3) is 61.6 Å². The normalized spacial score (nSPS) is 14.9. The third-order valence-corrected chi connectivity index (χ3v) is 13.0. The van der Waals surface area contributed by atoms with Gasteiger partial charge in [-0.3, -0.25) is 0 Å². The number of anilines is 3. The predicted octanol–water partition coefficient (Wildman–Crippen LogP) is 15.8. The fourth-order valence-corrected chi connectivity index (χ4v) is 10.1. The molecule has 0 N–H and O–H groups in total. The van der Waals surface area contributed by atoms with Crippen LogP contribution in [0.3, 0.4) is 0 Å². The number of aromatic nitrogens is 1. The SMILES string of the molecule is CC1CC(c2ccc(N(c3ccc(-c4ccccc4)cc3)c3ccc4c(c3)C(C)(C)c3ccccc3-4)cc2)=Cc2c1c1ccccc1n2-c1cccc(-c2ccccc2)c1. The zero-order chi connectivity index (χ0) is 40.4. The quantitative estimate of drug-likeness (QED) is 0.157. The van der Waals surface area contributed by atoms with Crippen molar-refractivity contribution in [1.82, 2.24) is 4.57 Å².